The van der Waals surface area contributed by atoms with Gasteiger partial charge in [0.15, 0.2) is 5.78 Å². The Bertz CT molecular complexity index is 841. The molecule has 1 aromatic heterocycles. The predicted molar refractivity (Wildman–Crippen MR) is 110 cm³/mol. The minimum absolute atomic E-state index is 0.00418. The molecule has 0 bridgehead atoms. The first kappa shape index (κ1) is 18.6. The Labute approximate surface area is 164 Å². The van der Waals surface area contributed by atoms with Crippen molar-refractivity contribution in [1.29, 1.82) is 0 Å². The van der Waals surface area contributed by atoms with Crippen molar-refractivity contribution in [2.45, 2.75) is 49.1 Å². The molecule has 1 aromatic carbocycles. The summed E-state index contributed by atoms with van der Waals surface area (Å²) in [6.07, 6.45) is 5.87. The SMILES string of the molecule is CCC1SC2(CCNCC2)N(CC(=O)CCc2c[nH]c3ccccc23)C1=O. The number of aryl methyl sites for hydroxylation is 1. The monoisotopic (exact) mass is 385 g/mol. The molecule has 6 heteroatoms. The Kier molecular flexibility index (Phi) is 5.28. The van der Waals surface area contributed by atoms with Crippen molar-refractivity contribution in [3.8, 4) is 0 Å². The number of fused-ring (bicyclic) bond motifs is 1. The van der Waals surface area contributed by atoms with E-state index in [1.807, 2.05) is 29.3 Å². The van der Waals surface area contributed by atoms with E-state index in [0.717, 1.165) is 37.9 Å². The molecule has 4 rings (SSSR count). The fraction of sp³-hybridized carbons (Fsp3) is 0.524. The number of Topliss-reactive ketones (excluding diaryl/α,β-unsaturated/α-hetero) is 1. The first-order chi connectivity index (χ1) is 13.1. The highest BCUT2D eigenvalue weighted by molar-refractivity contribution is 8.02. The minimum Gasteiger partial charge on any atom is -0.361 e. The van der Waals surface area contributed by atoms with Gasteiger partial charge in [-0.3, -0.25) is 9.59 Å². The average Bonchev–Trinajstić information content (AvgIpc) is 3.21. The molecule has 1 spiro atoms. The van der Waals surface area contributed by atoms with Gasteiger partial charge < -0.3 is 15.2 Å². The highest BCUT2D eigenvalue weighted by atomic mass is 32.2. The molecule has 2 aromatic rings. The number of nitrogens with one attached hydrogen (secondary N) is 2. The molecule has 27 heavy (non-hydrogen) atoms. The van der Waals surface area contributed by atoms with E-state index < -0.39 is 0 Å². The van der Waals surface area contributed by atoms with Crippen molar-refractivity contribution >= 4 is 34.4 Å². The number of amides is 1. The molecule has 2 saturated heterocycles. The fourth-order valence-corrected chi connectivity index (χ4v) is 5.95. The number of aromatic nitrogens is 1. The average molecular weight is 386 g/mol. The fourth-order valence-electron chi connectivity index (χ4n) is 4.31. The number of ketones is 1. The van der Waals surface area contributed by atoms with Crippen molar-refractivity contribution in [2.24, 2.45) is 0 Å². The van der Waals surface area contributed by atoms with E-state index in [1.54, 1.807) is 11.8 Å². The van der Waals surface area contributed by atoms with Crippen LogP contribution in [-0.2, 0) is 16.0 Å². The van der Waals surface area contributed by atoms with Crippen LogP contribution in [0, 0.1) is 0 Å². The molecule has 0 saturated carbocycles. The third-order valence-corrected chi connectivity index (χ3v) is 7.72. The van der Waals surface area contributed by atoms with Gasteiger partial charge in [0.1, 0.15) is 0 Å². The molecule has 2 fully saturated rings. The number of thioether (sulfide) groups is 1. The molecule has 1 amide bonds. The van der Waals surface area contributed by atoms with Gasteiger partial charge in [-0.25, -0.2) is 0 Å². The second kappa shape index (κ2) is 7.68. The largest absolute Gasteiger partial charge is 0.361 e. The van der Waals surface area contributed by atoms with Crippen LogP contribution in [0.1, 0.15) is 38.2 Å². The van der Waals surface area contributed by atoms with E-state index in [0.29, 0.717) is 12.8 Å². The van der Waals surface area contributed by atoms with Crippen LogP contribution >= 0.6 is 11.8 Å². The summed E-state index contributed by atoms with van der Waals surface area (Å²) in [6, 6.07) is 8.16. The van der Waals surface area contributed by atoms with Crippen molar-refractivity contribution in [3.05, 3.63) is 36.0 Å². The van der Waals surface area contributed by atoms with E-state index in [1.165, 1.54) is 10.9 Å². The zero-order valence-electron chi connectivity index (χ0n) is 15.8. The first-order valence-corrected chi connectivity index (χ1v) is 10.8. The van der Waals surface area contributed by atoms with Gasteiger partial charge in [-0.2, -0.15) is 0 Å². The summed E-state index contributed by atoms with van der Waals surface area (Å²) < 4.78 is 0. The third kappa shape index (κ3) is 3.52. The maximum atomic E-state index is 12.9. The zero-order chi connectivity index (χ0) is 18.9. The standard InChI is InChI=1S/C21H27N3O2S/c1-2-19-20(26)24(21(27-19)9-11-22-12-10-21)14-16(25)8-7-15-13-23-18-6-4-3-5-17(15)18/h3-6,13,19,22-23H,2,7-12,14H2,1H3. The van der Waals surface area contributed by atoms with Gasteiger partial charge in [-0.1, -0.05) is 25.1 Å². The molecular weight excluding hydrogens is 358 g/mol. The van der Waals surface area contributed by atoms with Crippen LogP contribution in [0.2, 0.25) is 0 Å². The van der Waals surface area contributed by atoms with Crippen molar-refractivity contribution in [2.75, 3.05) is 19.6 Å². The molecule has 144 valence electrons. The number of hydrogen-bond acceptors (Lipinski definition) is 4. The van der Waals surface area contributed by atoms with Gasteiger partial charge in [0.05, 0.1) is 16.7 Å². The van der Waals surface area contributed by atoms with E-state index in [9.17, 15) is 9.59 Å². The van der Waals surface area contributed by atoms with Crippen LogP contribution < -0.4 is 5.32 Å². The van der Waals surface area contributed by atoms with E-state index in [2.05, 4.69) is 23.3 Å². The van der Waals surface area contributed by atoms with Gasteiger partial charge in [0.2, 0.25) is 5.91 Å². The Morgan fingerprint density at radius 2 is 2.07 bits per heavy atom. The predicted octanol–water partition coefficient (Wildman–Crippen LogP) is 3.10. The Morgan fingerprint density at radius 1 is 1.30 bits per heavy atom. The van der Waals surface area contributed by atoms with Crippen molar-refractivity contribution in [1.82, 2.24) is 15.2 Å². The van der Waals surface area contributed by atoms with E-state index >= 15 is 0 Å². The highest BCUT2D eigenvalue weighted by Crippen LogP contribution is 2.47. The van der Waals surface area contributed by atoms with Crippen molar-refractivity contribution < 1.29 is 9.59 Å². The van der Waals surface area contributed by atoms with E-state index in [-0.39, 0.29) is 28.4 Å². The summed E-state index contributed by atoms with van der Waals surface area (Å²) in [5.41, 5.74) is 2.27. The molecule has 2 N–H and O–H groups in total. The number of carbonyl (C=O) groups is 2. The normalized spacial score (nSPS) is 22.0. The van der Waals surface area contributed by atoms with Gasteiger partial charge >= 0.3 is 0 Å². The summed E-state index contributed by atoms with van der Waals surface area (Å²) in [5.74, 6) is 0.314. The van der Waals surface area contributed by atoms with Gasteiger partial charge in [-0.15, -0.1) is 11.8 Å². The Hall–Kier alpha value is -1.79. The number of piperidine rings is 1. The van der Waals surface area contributed by atoms with Crippen LogP contribution in [0.15, 0.2) is 30.5 Å². The van der Waals surface area contributed by atoms with Crippen LogP contribution in [0.4, 0.5) is 0 Å². The molecule has 5 nitrogen and oxygen atoms in total. The number of hydrogen-bond donors (Lipinski definition) is 2. The summed E-state index contributed by atoms with van der Waals surface area (Å²) in [5, 5.41) is 4.56. The molecular formula is C21H27N3O2S. The van der Waals surface area contributed by atoms with Crippen LogP contribution in [-0.4, -0.2) is 51.3 Å². The second-order valence-corrected chi connectivity index (χ2v) is 9.10. The topological polar surface area (TPSA) is 65.2 Å². The lowest BCUT2D eigenvalue weighted by molar-refractivity contribution is -0.137. The van der Waals surface area contributed by atoms with Gasteiger partial charge in [0, 0.05) is 23.5 Å². The number of aromatic amines is 1. The molecule has 3 heterocycles. The van der Waals surface area contributed by atoms with Crippen LogP contribution in [0.25, 0.3) is 10.9 Å². The maximum Gasteiger partial charge on any atom is 0.237 e. The Morgan fingerprint density at radius 3 is 2.85 bits per heavy atom. The Balaban J connectivity index is 1.43. The number of para-hydroxylation sites is 1. The minimum atomic E-state index is -0.181. The molecule has 0 aliphatic carbocycles. The molecule has 2 aliphatic heterocycles. The molecule has 2 aliphatic rings. The number of H-pyrrole nitrogens is 1. The summed E-state index contributed by atoms with van der Waals surface area (Å²) >= 11 is 1.79. The number of carbonyl (C=O) groups excluding carboxylic acids is 2. The highest BCUT2D eigenvalue weighted by Gasteiger charge is 2.51. The quantitative estimate of drug-likeness (QED) is 0.802. The molecule has 0 radical (unpaired) electrons. The third-order valence-electron chi connectivity index (χ3n) is 5.83. The second-order valence-electron chi connectivity index (χ2n) is 7.53. The van der Waals surface area contributed by atoms with Gasteiger partial charge in [-0.05, 0) is 50.4 Å². The lowest BCUT2D eigenvalue weighted by Gasteiger charge is -2.40. The molecule has 1 unspecified atom stereocenters. The smallest absolute Gasteiger partial charge is 0.237 e. The lowest BCUT2D eigenvalue weighted by atomic mass is 10.0. The number of rotatable bonds is 6. The number of benzene rings is 1. The van der Waals surface area contributed by atoms with Crippen molar-refractivity contribution in [3.63, 3.8) is 0 Å². The van der Waals surface area contributed by atoms with E-state index in [4.69, 9.17) is 0 Å². The van der Waals surface area contributed by atoms with Gasteiger partial charge in [0.25, 0.3) is 0 Å². The molecule has 1 atom stereocenters. The maximum absolute atomic E-state index is 12.9. The lowest BCUT2D eigenvalue weighted by Crippen LogP contribution is -2.52. The number of nitrogens with zero attached hydrogens (tertiary/aromatic N) is 1. The summed E-state index contributed by atoms with van der Waals surface area (Å²) in [6.45, 7) is 4.14. The van der Waals surface area contributed by atoms with Crippen LogP contribution in [0.3, 0.4) is 0 Å². The summed E-state index contributed by atoms with van der Waals surface area (Å²) in [4.78, 5) is 30.6. The van der Waals surface area contributed by atoms with Crippen LogP contribution in [0.5, 0.6) is 0 Å². The first-order valence-electron chi connectivity index (χ1n) is 9.90. The summed E-state index contributed by atoms with van der Waals surface area (Å²) in [7, 11) is 0. The zero-order valence-corrected chi connectivity index (χ0v) is 16.6.